The second-order valence-electron chi connectivity index (χ2n) is 4.77. The standard InChI is InChI=1S/C14H21NO2/c1-11-3-2-4-14(9-11)17-8-7-13(10-16)15-12-5-6-12/h2-4,9,12-13,15-16H,5-8,10H2,1H3. The molecule has 17 heavy (non-hydrogen) atoms. The highest BCUT2D eigenvalue weighted by Gasteiger charge is 2.23. The Balaban J connectivity index is 1.70. The lowest BCUT2D eigenvalue weighted by Gasteiger charge is -2.16. The maximum absolute atomic E-state index is 9.23. The monoisotopic (exact) mass is 235 g/mol. The second-order valence-corrected chi connectivity index (χ2v) is 4.77. The van der Waals surface area contributed by atoms with Crippen molar-refractivity contribution in [2.24, 2.45) is 0 Å². The highest BCUT2D eigenvalue weighted by molar-refractivity contribution is 5.27. The van der Waals surface area contributed by atoms with Crippen molar-refractivity contribution in [3.8, 4) is 5.75 Å². The van der Waals surface area contributed by atoms with Crippen molar-refractivity contribution in [2.75, 3.05) is 13.2 Å². The minimum atomic E-state index is 0.173. The molecule has 0 saturated heterocycles. The van der Waals surface area contributed by atoms with Crippen LogP contribution >= 0.6 is 0 Å². The van der Waals surface area contributed by atoms with Crippen LogP contribution in [0.3, 0.4) is 0 Å². The summed E-state index contributed by atoms with van der Waals surface area (Å²) >= 11 is 0. The van der Waals surface area contributed by atoms with Crippen molar-refractivity contribution < 1.29 is 9.84 Å². The molecule has 94 valence electrons. The van der Waals surface area contributed by atoms with Crippen molar-refractivity contribution in [1.29, 1.82) is 0 Å². The van der Waals surface area contributed by atoms with Gasteiger partial charge in [0.2, 0.25) is 0 Å². The molecule has 0 aliphatic heterocycles. The first-order chi connectivity index (χ1) is 8.28. The number of aliphatic hydroxyl groups excluding tert-OH is 1. The van der Waals surface area contributed by atoms with Gasteiger partial charge in [0.15, 0.2) is 0 Å². The predicted molar refractivity (Wildman–Crippen MR) is 68.3 cm³/mol. The van der Waals surface area contributed by atoms with E-state index >= 15 is 0 Å². The van der Waals surface area contributed by atoms with Crippen LogP contribution in [0.15, 0.2) is 24.3 Å². The Kier molecular flexibility index (Phi) is 4.40. The summed E-state index contributed by atoms with van der Waals surface area (Å²) in [6, 6.07) is 8.85. The fraction of sp³-hybridized carbons (Fsp3) is 0.571. The molecule has 1 atom stereocenters. The highest BCUT2D eigenvalue weighted by Crippen LogP contribution is 2.20. The molecule has 3 nitrogen and oxygen atoms in total. The molecule has 1 unspecified atom stereocenters. The summed E-state index contributed by atoms with van der Waals surface area (Å²) in [7, 11) is 0. The van der Waals surface area contributed by atoms with E-state index in [0.29, 0.717) is 12.6 Å². The zero-order chi connectivity index (χ0) is 12.1. The van der Waals surface area contributed by atoms with E-state index in [1.165, 1.54) is 18.4 Å². The zero-order valence-electron chi connectivity index (χ0n) is 10.4. The molecule has 0 bridgehead atoms. The van der Waals surface area contributed by atoms with Gasteiger partial charge in [0, 0.05) is 12.1 Å². The smallest absolute Gasteiger partial charge is 0.119 e. The molecule has 0 aromatic heterocycles. The maximum atomic E-state index is 9.23. The van der Waals surface area contributed by atoms with Gasteiger partial charge in [-0.15, -0.1) is 0 Å². The topological polar surface area (TPSA) is 41.5 Å². The van der Waals surface area contributed by atoms with E-state index in [1.54, 1.807) is 0 Å². The van der Waals surface area contributed by atoms with Crippen LogP contribution < -0.4 is 10.1 Å². The van der Waals surface area contributed by atoms with Gasteiger partial charge in [-0.1, -0.05) is 12.1 Å². The Labute approximate surface area is 103 Å². The summed E-state index contributed by atoms with van der Waals surface area (Å²) in [5.41, 5.74) is 1.21. The van der Waals surface area contributed by atoms with Gasteiger partial charge < -0.3 is 15.2 Å². The zero-order valence-corrected chi connectivity index (χ0v) is 10.4. The van der Waals surface area contributed by atoms with Gasteiger partial charge in [-0.3, -0.25) is 0 Å². The quantitative estimate of drug-likeness (QED) is 0.758. The number of nitrogens with one attached hydrogen (secondary N) is 1. The second kappa shape index (κ2) is 6.03. The first-order valence-electron chi connectivity index (χ1n) is 6.34. The molecule has 0 spiro atoms. The molecule has 1 aliphatic rings. The molecule has 1 aromatic carbocycles. The number of hydrogen-bond acceptors (Lipinski definition) is 3. The fourth-order valence-electron chi connectivity index (χ4n) is 1.83. The predicted octanol–water partition coefficient (Wildman–Crippen LogP) is 1.88. The van der Waals surface area contributed by atoms with E-state index < -0.39 is 0 Å². The average molecular weight is 235 g/mol. The summed E-state index contributed by atoms with van der Waals surface area (Å²) in [6.45, 7) is 2.89. The summed E-state index contributed by atoms with van der Waals surface area (Å²) in [5.74, 6) is 0.910. The molecule has 2 N–H and O–H groups in total. The normalized spacial score (nSPS) is 16.8. The van der Waals surface area contributed by atoms with Gasteiger partial charge in [0.1, 0.15) is 5.75 Å². The van der Waals surface area contributed by atoms with Crippen LogP contribution in [0.4, 0.5) is 0 Å². The number of aliphatic hydroxyl groups is 1. The third-order valence-corrected chi connectivity index (χ3v) is 2.99. The number of rotatable bonds is 7. The number of hydrogen-bond donors (Lipinski definition) is 2. The van der Waals surface area contributed by atoms with Crippen molar-refractivity contribution in [3.63, 3.8) is 0 Å². The van der Waals surface area contributed by atoms with Gasteiger partial charge in [0.25, 0.3) is 0 Å². The van der Waals surface area contributed by atoms with Crippen LogP contribution in [-0.4, -0.2) is 30.4 Å². The van der Waals surface area contributed by atoms with Crippen molar-refractivity contribution in [2.45, 2.75) is 38.3 Å². The van der Waals surface area contributed by atoms with E-state index in [9.17, 15) is 5.11 Å². The first kappa shape index (κ1) is 12.4. The lowest BCUT2D eigenvalue weighted by molar-refractivity contribution is 0.207. The minimum Gasteiger partial charge on any atom is -0.494 e. The van der Waals surface area contributed by atoms with E-state index in [2.05, 4.69) is 18.3 Å². The largest absolute Gasteiger partial charge is 0.494 e. The molecule has 0 heterocycles. The molecule has 3 heteroatoms. The molecule has 1 aliphatic carbocycles. The summed E-state index contributed by atoms with van der Waals surface area (Å²) in [4.78, 5) is 0. The van der Waals surface area contributed by atoms with E-state index in [1.807, 2.05) is 18.2 Å². The SMILES string of the molecule is Cc1cccc(OCCC(CO)NC2CC2)c1. The van der Waals surface area contributed by atoms with E-state index in [4.69, 9.17) is 4.74 Å². The lowest BCUT2D eigenvalue weighted by Crippen LogP contribution is -2.35. The summed E-state index contributed by atoms with van der Waals surface area (Å²) in [6.07, 6.45) is 3.34. The minimum absolute atomic E-state index is 0.173. The Morgan fingerprint density at radius 3 is 2.94 bits per heavy atom. The Bertz CT molecular complexity index is 350. The van der Waals surface area contributed by atoms with Crippen molar-refractivity contribution in [1.82, 2.24) is 5.32 Å². The van der Waals surface area contributed by atoms with E-state index in [0.717, 1.165) is 12.2 Å². The molecule has 1 aromatic rings. The highest BCUT2D eigenvalue weighted by atomic mass is 16.5. The molecule has 1 saturated carbocycles. The first-order valence-corrected chi connectivity index (χ1v) is 6.34. The number of aryl methyl sites for hydroxylation is 1. The van der Waals surface area contributed by atoms with Crippen LogP contribution in [0.2, 0.25) is 0 Å². The van der Waals surface area contributed by atoms with Gasteiger partial charge in [-0.2, -0.15) is 0 Å². The van der Waals surface area contributed by atoms with Crippen molar-refractivity contribution >= 4 is 0 Å². The number of benzene rings is 1. The molecule has 0 radical (unpaired) electrons. The molecular weight excluding hydrogens is 214 g/mol. The van der Waals surface area contributed by atoms with Crippen molar-refractivity contribution in [3.05, 3.63) is 29.8 Å². The van der Waals surface area contributed by atoms with Gasteiger partial charge in [0.05, 0.1) is 13.2 Å². The van der Waals surface area contributed by atoms with Gasteiger partial charge in [-0.25, -0.2) is 0 Å². The van der Waals surface area contributed by atoms with Crippen LogP contribution in [-0.2, 0) is 0 Å². The third kappa shape index (κ3) is 4.36. The van der Waals surface area contributed by atoms with Crippen LogP contribution in [0, 0.1) is 6.92 Å². The lowest BCUT2D eigenvalue weighted by atomic mass is 10.2. The molecule has 2 rings (SSSR count). The Morgan fingerprint density at radius 1 is 1.47 bits per heavy atom. The molecule has 1 fully saturated rings. The number of ether oxygens (including phenoxy) is 1. The van der Waals surface area contributed by atoms with E-state index in [-0.39, 0.29) is 12.6 Å². The van der Waals surface area contributed by atoms with Crippen LogP contribution in [0.25, 0.3) is 0 Å². The average Bonchev–Trinajstić information content (AvgIpc) is 3.12. The molecular formula is C14H21NO2. The van der Waals surface area contributed by atoms with Crippen LogP contribution in [0.1, 0.15) is 24.8 Å². The third-order valence-electron chi connectivity index (χ3n) is 2.99. The summed E-state index contributed by atoms with van der Waals surface area (Å²) < 4.78 is 5.67. The fourth-order valence-corrected chi connectivity index (χ4v) is 1.83. The Hall–Kier alpha value is -1.06. The Morgan fingerprint density at radius 2 is 2.29 bits per heavy atom. The maximum Gasteiger partial charge on any atom is 0.119 e. The molecule has 0 amide bonds. The summed E-state index contributed by atoms with van der Waals surface area (Å²) in [5, 5.41) is 12.6. The van der Waals surface area contributed by atoms with Gasteiger partial charge >= 0.3 is 0 Å². The van der Waals surface area contributed by atoms with Gasteiger partial charge in [-0.05, 0) is 43.9 Å². The van der Waals surface area contributed by atoms with Crippen LogP contribution in [0.5, 0.6) is 5.75 Å².